The van der Waals surface area contributed by atoms with E-state index in [1.54, 1.807) is 23.4 Å². The van der Waals surface area contributed by atoms with Crippen LogP contribution in [0.1, 0.15) is 52.8 Å². The van der Waals surface area contributed by atoms with Crippen LogP contribution in [0.15, 0.2) is 18.5 Å². The molecule has 7 heteroatoms. The van der Waals surface area contributed by atoms with E-state index >= 15 is 0 Å². The molecule has 0 radical (unpaired) electrons. The molecule has 1 aromatic heterocycles. The minimum absolute atomic E-state index is 0.0304. The Labute approximate surface area is 153 Å². The van der Waals surface area contributed by atoms with Crippen LogP contribution in [0.3, 0.4) is 0 Å². The summed E-state index contributed by atoms with van der Waals surface area (Å²) in [7, 11) is 0. The van der Waals surface area contributed by atoms with Crippen LogP contribution in [0.25, 0.3) is 0 Å². The van der Waals surface area contributed by atoms with Crippen molar-refractivity contribution in [3.63, 3.8) is 0 Å². The van der Waals surface area contributed by atoms with Crippen molar-refractivity contribution in [3.8, 4) is 0 Å². The number of pyridine rings is 1. The minimum Gasteiger partial charge on any atom is -0.347 e. The average Bonchev–Trinajstić information content (AvgIpc) is 3.16. The molecule has 4 heterocycles. The Kier molecular flexibility index (Phi) is 4.91. The monoisotopic (exact) mass is 359 g/mol. The van der Waals surface area contributed by atoms with Gasteiger partial charge in [-0.05, 0) is 25.3 Å². The van der Waals surface area contributed by atoms with Crippen molar-refractivity contribution >= 4 is 11.8 Å². The molecule has 0 saturated carbocycles. The molecule has 3 saturated heterocycles. The zero-order valence-electron chi connectivity index (χ0n) is 15.0. The predicted octanol–water partition coefficient (Wildman–Crippen LogP) is 1.69. The number of hydrogen-bond donors (Lipinski definition) is 0. The largest absolute Gasteiger partial charge is 0.347 e. The molecule has 0 bridgehead atoms. The number of piperidine rings is 2. The molecule has 140 valence electrons. The van der Waals surface area contributed by atoms with Crippen LogP contribution in [0.4, 0.5) is 0 Å². The standard InChI is InChI=1S/C19H25N3O4/c23-17(21-6-2-1-3-7-21)15-12-16(14-20-13-15)18(24)22-8-4-19(5-9-22)25-10-11-26-19/h12-14H,1-11H2. The van der Waals surface area contributed by atoms with Crippen LogP contribution in [-0.2, 0) is 9.47 Å². The molecule has 3 aliphatic heterocycles. The summed E-state index contributed by atoms with van der Waals surface area (Å²) in [5.74, 6) is -0.614. The van der Waals surface area contributed by atoms with Gasteiger partial charge in [0.1, 0.15) is 0 Å². The summed E-state index contributed by atoms with van der Waals surface area (Å²) in [6, 6.07) is 1.68. The van der Waals surface area contributed by atoms with Crippen molar-refractivity contribution < 1.29 is 19.1 Å². The molecule has 7 nitrogen and oxygen atoms in total. The molecule has 4 rings (SSSR count). The predicted molar refractivity (Wildman–Crippen MR) is 93.8 cm³/mol. The lowest BCUT2D eigenvalue weighted by molar-refractivity contribution is -0.181. The van der Waals surface area contributed by atoms with Crippen molar-refractivity contribution in [1.82, 2.24) is 14.8 Å². The molecule has 0 unspecified atom stereocenters. The lowest BCUT2D eigenvalue weighted by Gasteiger charge is -2.37. The van der Waals surface area contributed by atoms with Crippen LogP contribution >= 0.6 is 0 Å². The fourth-order valence-corrected chi connectivity index (χ4v) is 3.97. The second-order valence-electron chi connectivity index (χ2n) is 7.21. The van der Waals surface area contributed by atoms with E-state index in [1.807, 2.05) is 4.90 Å². The third-order valence-corrected chi connectivity index (χ3v) is 5.50. The van der Waals surface area contributed by atoms with E-state index in [1.165, 1.54) is 6.42 Å². The Morgan fingerprint density at radius 3 is 1.96 bits per heavy atom. The fraction of sp³-hybridized carbons (Fsp3) is 0.632. The maximum Gasteiger partial charge on any atom is 0.255 e. The summed E-state index contributed by atoms with van der Waals surface area (Å²) < 4.78 is 11.4. The van der Waals surface area contributed by atoms with E-state index in [0.717, 1.165) is 25.9 Å². The van der Waals surface area contributed by atoms with Crippen LogP contribution in [0, 0.1) is 0 Å². The van der Waals surface area contributed by atoms with Gasteiger partial charge >= 0.3 is 0 Å². The van der Waals surface area contributed by atoms with E-state index in [0.29, 0.717) is 50.3 Å². The van der Waals surface area contributed by atoms with Crippen LogP contribution in [0.2, 0.25) is 0 Å². The first-order valence-corrected chi connectivity index (χ1v) is 9.48. The first-order valence-electron chi connectivity index (χ1n) is 9.48. The second-order valence-corrected chi connectivity index (χ2v) is 7.21. The van der Waals surface area contributed by atoms with Gasteiger partial charge in [0.25, 0.3) is 11.8 Å². The van der Waals surface area contributed by atoms with Crippen molar-refractivity contribution in [3.05, 3.63) is 29.6 Å². The van der Waals surface area contributed by atoms with Crippen molar-refractivity contribution in [2.75, 3.05) is 39.4 Å². The van der Waals surface area contributed by atoms with Gasteiger partial charge in [0.05, 0.1) is 24.3 Å². The summed E-state index contributed by atoms with van der Waals surface area (Å²) >= 11 is 0. The first kappa shape index (κ1) is 17.4. The second kappa shape index (κ2) is 7.32. The van der Waals surface area contributed by atoms with E-state index in [4.69, 9.17) is 9.47 Å². The first-order chi connectivity index (χ1) is 12.7. The summed E-state index contributed by atoms with van der Waals surface area (Å²) in [5.41, 5.74) is 0.964. The number of nitrogens with zero attached hydrogens (tertiary/aromatic N) is 3. The lowest BCUT2D eigenvalue weighted by atomic mass is 10.0. The quantitative estimate of drug-likeness (QED) is 0.803. The van der Waals surface area contributed by atoms with Crippen LogP contribution in [0.5, 0.6) is 0 Å². The third kappa shape index (κ3) is 3.46. The maximum absolute atomic E-state index is 12.8. The molecular formula is C19H25N3O4. The molecule has 2 amide bonds. The smallest absolute Gasteiger partial charge is 0.255 e. The highest BCUT2D eigenvalue weighted by molar-refractivity contribution is 5.99. The van der Waals surface area contributed by atoms with Gasteiger partial charge in [-0.1, -0.05) is 0 Å². The number of carbonyl (C=O) groups is 2. The fourth-order valence-electron chi connectivity index (χ4n) is 3.97. The van der Waals surface area contributed by atoms with E-state index in [9.17, 15) is 9.59 Å². The van der Waals surface area contributed by atoms with Gasteiger partial charge in [-0.15, -0.1) is 0 Å². The molecule has 0 atom stereocenters. The zero-order valence-corrected chi connectivity index (χ0v) is 15.0. The number of rotatable bonds is 2. The molecule has 3 aliphatic rings. The highest BCUT2D eigenvalue weighted by Gasteiger charge is 2.41. The van der Waals surface area contributed by atoms with Crippen LogP contribution < -0.4 is 0 Å². The number of hydrogen-bond acceptors (Lipinski definition) is 5. The summed E-state index contributed by atoms with van der Waals surface area (Å²) in [6.07, 6.45) is 7.71. The number of amides is 2. The van der Waals surface area contributed by atoms with E-state index in [2.05, 4.69) is 4.98 Å². The highest BCUT2D eigenvalue weighted by Crippen LogP contribution is 2.31. The van der Waals surface area contributed by atoms with Gasteiger partial charge in [0, 0.05) is 51.4 Å². The molecule has 3 fully saturated rings. The number of likely N-dealkylation sites (tertiary alicyclic amines) is 2. The maximum atomic E-state index is 12.8. The van der Waals surface area contributed by atoms with Gasteiger partial charge in [0.15, 0.2) is 5.79 Å². The topological polar surface area (TPSA) is 72.0 Å². The Morgan fingerprint density at radius 1 is 0.846 bits per heavy atom. The number of carbonyl (C=O) groups excluding carboxylic acids is 2. The number of ether oxygens (including phenoxy) is 2. The number of aromatic nitrogens is 1. The Morgan fingerprint density at radius 2 is 1.38 bits per heavy atom. The molecule has 0 N–H and O–H groups in total. The molecule has 1 spiro atoms. The molecule has 26 heavy (non-hydrogen) atoms. The summed E-state index contributed by atoms with van der Waals surface area (Å²) in [5, 5.41) is 0. The Balaban J connectivity index is 1.42. The van der Waals surface area contributed by atoms with Crippen molar-refractivity contribution in [1.29, 1.82) is 0 Å². The van der Waals surface area contributed by atoms with E-state index in [-0.39, 0.29) is 11.8 Å². The molecule has 0 aromatic carbocycles. The molecular weight excluding hydrogens is 334 g/mol. The minimum atomic E-state index is -0.499. The van der Waals surface area contributed by atoms with Gasteiger partial charge in [-0.2, -0.15) is 0 Å². The Bertz CT molecular complexity index is 671. The third-order valence-electron chi connectivity index (χ3n) is 5.50. The Hall–Kier alpha value is -1.99. The SMILES string of the molecule is O=C(c1cncc(C(=O)N2CCC3(CC2)OCCO3)c1)N1CCCCC1. The van der Waals surface area contributed by atoms with Gasteiger partial charge in [-0.3, -0.25) is 14.6 Å². The van der Waals surface area contributed by atoms with Crippen molar-refractivity contribution in [2.45, 2.75) is 37.9 Å². The average molecular weight is 359 g/mol. The van der Waals surface area contributed by atoms with E-state index < -0.39 is 5.79 Å². The normalized spacial score (nSPS) is 22.6. The zero-order chi connectivity index (χ0) is 18.0. The van der Waals surface area contributed by atoms with Gasteiger partial charge in [-0.25, -0.2) is 0 Å². The summed E-state index contributed by atoms with van der Waals surface area (Å²) in [6.45, 7) is 3.99. The lowest BCUT2D eigenvalue weighted by Crippen LogP contribution is -2.47. The van der Waals surface area contributed by atoms with Crippen molar-refractivity contribution in [2.24, 2.45) is 0 Å². The van der Waals surface area contributed by atoms with Gasteiger partial charge in [0.2, 0.25) is 0 Å². The molecule has 0 aliphatic carbocycles. The highest BCUT2D eigenvalue weighted by atomic mass is 16.7. The van der Waals surface area contributed by atoms with Crippen LogP contribution in [-0.4, -0.2) is 71.8 Å². The summed E-state index contributed by atoms with van der Waals surface area (Å²) in [4.78, 5) is 33.3. The molecule has 1 aromatic rings. The van der Waals surface area contributed by atoms with Gasteiger partial charge < -0.3 is 19.3 Å².